The molecule has 2 aliphatic carbocycles. The molecule has 1 amide bonds. The smallest absolute Gasteiger partial charge is 0.254 e. The van der Waals surface area contributed by atoms with Gasteiger partial charge >= 0.3 is 0 Å². The van der Waals surface area contributed by atoms with Crippen LogP contribution in [0.25, 0.3) is 0 Å². The monoisotopic (exact) mass is 197 g/mol. The van der Waals surface area contributed by atoms with Crippen molar-refractivity contribution in [3.8, 4) is 0 Å². The van der Waals surface area contributed by atoms with Gasteiger partial charge in [0.25, 0.3) is 5.91 Å². The SMILES string of the molecule is CC1(C)C2CC3C(=O)N(F)C(C2)C31C. The van der Waals surface area contributed by atoms with Crippen molar-refractivity contribution in [3.63, 3.8) is 0 Å². The lowest BCUT2D eigenvalue weighted by Gasteiger charge is -2.36. The Morgan fingerprint density at radius 2 is 2.00 bits per heavy atom. The maximum absolute atomic E-state index is 13.6. The molecule has 0 aromatic carbocycles. The highest BCUT2D eigenvalue weighted by Crippen LogP contribution is 2.72. The van der Waals surface area contributed by atoms with E-state index in [9.17, 15) is 9.28 Å². The van der Waals surface area contributed by atoms with Crippen molar-refractivity contribution in [2.45, 2.75) is 39.7 Å². The maximum Gasteiger partial charge on any atom is 0.254 e. The number of halogens is 1. The number of amides is 1. The summed E-state index contributed by atoms with van der Waals surface area (Å²) in [5.41, 5.74) is 0.00231. The van der Waals surface area contributed by atoms with Crippen molar-refractivity contribution >= 4 is 5.91 Å². The summed E-state index contributed by atoms with van der Waals surface area (Å²) in [6, 6.07) is -0.145. The van der Waals surface area contributed by atoms with Crippen LogP contribution in [0.4, 0.5) is 4.48 Å². The average molecular weight is 197 g/mol. The summed E-state index contributed by atoms with van der Waals surface area (Å²) >= 11 is 0. The lowest BCUT2D eigenvalue weighted by Crippen LogP contribution is -2.38. The summed E-state index contributed by atoms with van der Waals surface area (Å²) in [7, 11) is 0. The van der Waals surface area contributed by atoms with E-state index in [2.05, 4.69) is 20.8 Å². The highest BCUT2D eigenvalue weighted by atomic mass is 19.2. The van der Waals surface area contributed by atoms with Gasteiger partial charge in [0.05, 0.1) is 6.04 Å². The van der Waals surface area contributed by atoms with Crippen molar-refractivity contribution < 1.29 is 9.28 Å². The van der Waals surface area contributed by atoms with E-state index in [4.69, 9.17) is 0 Å². The van der Waals surface area contributed by atoms with Crippen molar-refractivity contribution in [1.29, 1.82) is 0 Å². The molecule has 3 aliphatic rings. The van der Waals surface area contributed by atoms with Crippen LogP contribution in [0.15, 0.2) is 0 Å². The molecule has 0 aromatic rings. The minimum Gasteiger partial charge on any atom is -0.272 e. The lowest BCUT2D eigenvalue weighted by atomic mass is 9.67. The second-order valence-electron chi connectivity index (χ2n) is 5.89. The van der Waals surface area contributed by atoms with Gasteiger partial charge in [0, 0.05) is 11.3 Å². The fraction of sp³-hybridized carbons (Fsp3) is 0.909. The normalized spacial score (nSPS) is 53.3. The Labute approximate surface area is 83.4 Å². The highest BCUT2D eigenvalue weighted by molar-refractivity contribution is 5.83. The summed E-state index contributed by atoms with van der Waals surface area (Å²) in [6.07, 6.45) is 1.77. The second kappa shape index (κ2) is 2.00. The third kappa shape index (κ3) is 0.573. The maximum atomic E-state index is 13.6. The number of rotatable bonds is 0. The molecule has 3 fully saturated rings. The number of nitrogens with zero attached hydrogens (tertiary/aromatic N) is 1. The lowest BCUT2D eigenvalue weighted by molar-refractivity contribution is -0.146. The molecule has 1 saturated heterocycles. The molecule has 0 aromatic heterocycles. The standard InChI is InChI=1S/C11H16FNO/c1-10(2)6-4-7-9(14)13(12)8(5-6)11(7,10)3/h6-8H,4-5H2,1-3H3. The summed E-state index contributed by atoms with van der Waals surface area (Å²) < 4.78 is 13.6. The first-order valence-corrected chi connectivity index (χ1v) is 5.39. The zero-order valence-electron chi connectivity index (χ0n) is 8.88. The molecule has 3 rings (SSSR count). The largest absolute Gasteiger partial charge is 0.272 e. The van der Waals surface area contributed by atoms with Crippen LogP contribution in [0.1, 0.15) is 33.6 Å². The van der Waals surface area contributed by atoms with E-state index in [0.29, 0.717) is 11.0 Å². The minimum atomic E-state index is -0.259. The molecule has 3 heteroatoms. The quantitative estimate of drug-likeness (QED) is 0.545. The Bertz CT molecular complexity index is 327. The minimum absolute atomic E-state index is 0.0498. The molecule has 0 radical (unpaired) electrons. The van der Waals surface area contributed by atoms with Crippen molar-refractivity contribution in [1.82, 2.24) is 5.12 Å². The van der Waals surface area contributed by atoms with Gasteiger partial charge in [-0.15, -0.1) is 0 Å². The first kappa shape index (κ1) is 8.69. The van der Waals surface area contributed by atoms with Crippen molar-refractivity contribution in [3.05, 3.63) is 0 Å². The summed E-state index contributed by atoms with van der Waals surface area (Å²) in [5.74, 6) is 0.226. The molecule has 78 valence electrons. The van der Waals surface area contributed by atoms with Crippen LogP contribution in [0.3, 0.4) is 0 Å². The van der Waals surface area contributed by atoms with Gasteiger partial charge in [0.2, 0.25) is 0 Å². The molecule has 0 N–H and O–H groups in total. The number of hydrogen-bond donors (Lipinski definition) is 0. The molecule has 0 spiro atoms. The fourth-order valence-corrected chi connectivity index (χ4v) is 4.27. The molecular weight excluding hydrogens is 181 g/mol. The molecule has 2 saturated carbocycles. The van der Waals surface area contributed by atoms with E-state index in [1.165, 1.54) is 0 Å². The Morgan fingerprint density at radius 3 is 2.43 bits per heavy atom. The van der Waals surface area contributed by atoms with Crippen LogP contribution >= 0.6 is 0 Å². The van der Waals surface area contributed by atoms with Crippen LogP contribution < -0.4 is 0 Å². The molecule has 4 unspecified atom stereocenters. The molecule has 2 nitrogen and oxygen atoms in total. The number of carbonyl (C=O) groups is 1. The van der Waals surface area contributed by atoms with Crippen LogP contribution in [-0.4, -0.2) is 17.1 Å². The predicted molar refractivity (Wildman–Crippen MR) is 49.8 cm³/mol. The van der Waals surface area contributed by atoms with E-state index < -0.39 is 0 Å². The van der Waals surface area contributed by atoms with Crippen molar-refractivity contribution in [2.24, 2.45) is 22.7 Å². The Morgan fingerprint density at radius 1 is 1.36 bits per heavy atom. The first-order valence-electron chi connectivity index (χ1n) is 5.39. The Kier molecular flexibility index (Phi) is 1.24. The Balaban J connectivity index is 2.18. The van der Waals surface area contributed by atoms with E-state index in [0.717, 1.165) is 12.8 Å². The Hall–Kier alpha value is -0.600. The summed E-state index contributed by atoms with van der Waals surface area (Å²) in [4.78, 5) is 11.7. The predicted octanol–water partition coefficient (Wildman–Crippen LogP) is 2.15. The highest BCUT2D eigenvalue weighted by Gasteiger charge is 2.74. The summed E-state index contributed by atoms with van der Waals surface area (Å²) in [6.45, 7) is 6.50. The summed E-state index contributed by atoms with van der Waals surface area (Å²) in [5, 5.41) is 0.527. The number of fused-ring (bicyclic) bond motifs is 1. The van der Waals surface area contributed by atoms with E-state index in [1.807, 2.05) is 0 Å². The fourth-order valence-electron chi connectivity index (χ4n) is 4.27. The third-order valence-electron chi connectivity index (χ3n) is 5.64. The van der Waals surface area contributed by atoms with Gasteiger partial charge in [-0.25, -0.2) is 0 Å². The van der Waals surface area contributed by atoms with Crippen LogP contribution in [0.5, 0.6) is 0 Å². The second-order valence-corrected chi connectivity index (χ2v) is 5.89. The molecule has 4 atom stereocenters. The van der Waals surface area contributed by atoms with Gasteiger partial charge in [-0.1, -0.05) is 25.3 Å². The van der Waals surface area contributed by atoms with Gasteiger partial charge in [0.15, 0.2) is 0 Å². The van der Waals surface area contributed by atoms with Gasteiger partial charge in [-0.2, -0.15) is 5.12 Å². The van der Waals surface area contributed by atoms with E-state index >= 15 is 0 Å². The average Bonchev–Trinajstić information content (AvgIpc) is 2.44. The first-order chi connectivity index (χ1) is 6.40. The van der Waals surface area contributed by atoms with E-state index in [1.54, 1.807) is 0 Å². The third-order valence-corrected chi connectivity index (χ3v) is 5.64. The van der Waals surface area contributed by atoms with Crippen LogP contribution in [0, 0.1) is 22.7 Å². The molecule has 14 heavy (non-hydrogen) atoms. The van der Waals surface area contributed by atoms with Gasteiger partial charge in [-0.3, -0.25) is 4.79 Å². The molecule has 2 bridgehead atoms. The van der Waals surface area contributed by atoms with E-state index in [-0.39, 0.29) is 28.7 Å². The van der Waals surface area contributed by atoms with Crippen molar-refractivity contribution in [2.75, 3.05) is 0 Å². The number of hydrogen-bond acceptors (Lipinski definition) is 1. The van der Waals surface area contributed by atoms with Gasteiger partial charge in [-0.05, 0) is 24.2 Å². The molecular formula is C11H16FNO. The van der Waals surface area contributed by atoms with Crippen LogP contribution in [-0.2, 0) is 4.79 Å². The van der Waals surface area contributed by atoms with Gasteiger partial charge < -0.3 is 0 Å². The van der Waals surface area contributed by atoms with Crippen LogP contribution in [0.2, 0.25) is 0 Å². The topological polar surface area (TPSA) is 20.3 Å². The molecule has 1 heterocycles. The number of carbonyl (C=O) groups excluding carboxylic acids is 1. The molecule has 1 aliphatic heterocycles. The zero-order chi connectivity index (χ0) is 10.3. The van der Waals surface area contributed by atoms with Gasteiger partial charge in [0.1, 0.15) is 0 Å². The zero-order valence-corrected chi connectivity index (χ0v) is 8.88.